The molecular formula is C17H20ClNO. The minimum atomic E-state index is -0.396. The molecule has 1 unspecified atom stereocenters. The molecule has 0 saturated heterocycles. The van der Waals surface area contributed by atoms with Crippen molar-refractivity contribution in [1.29, 1.82) is 0 Å². The van der Waals surface area contributed by atoms with Gasteiger partial charge in [0.05, 0.1) is 22.9 Å². The molecule has 1 atom stereocenters. The number of nitrogens with one attached hydrogen (secondary N) is 1. The lowest BCUT2D eigenvalue weighted by Gasteiger charge is -2.33. The number of anilines is 1. The Labute approximate surface area is 125 Å². The summed E-state index contributed by atoms with van der Waals surface area (Å²) < 4.78 is 0. The molecule has 0 aliphatic rings. The van der Waals surface area contributed by atoms with E-state index in [2.05, 4.69) is 24.4 Å². The smallest absolute Gasteiger partial charge is 0.0664 e. The Hall–Kier alpha value is -1.51. The Morgan fingerprint density at radius 2 is 1.70 bits per heavy atom. The second kappa shape index (κ2) is 6.78. The third-order valence-corrected chi connectivity index (χ3v) is 3.97. The first-order chi connectivity index (χ1) is 9.69. The van der Waals surface area contributed by atoms with Crippen molar-refractivity contribution >= 4 is 17.3 Å². The zero-order chi connectivity index (χ0) is 14.4. The highest BCUT2D eigenvalue weighted by Gasteiger charge is 2.28. The second-order valence-electron chi connectivity index (χ2n) is 5.06. The standard InChI is InChI=1S/C17H20ClNO/c1-2-17(13-20,12-14-8-4-3-5-9-14)19-16-11-7-6-10-15(16)18/h3-11,19-20H,2,12-13H2,1H3. The fourth-order valence-corrected chi connectivity index (χ4v) is 2.48. The van der Waals surface area contributed by atoms with Crippen molar-refractivity contribution in [3.63, 3.8) is 0 Å². The zero-order valence-electron chi connectivity index (χ0n) is 11.6. The molecule has 0 saturated carbocycles. The molecule has 3 heteroatoms. The fraction of sp³-hybridized carbons (Fsp3) is 0.294. The van der Waals surface area contributed by atoms with E-state index in [0.717, 1.165) is 18.5 Å². The van der Waals surface area contributed by atoms with E-state index in [1.54, 1.807) is 0 Å². The highest BCUT2D eigenvalue weighted by Crippen LogP contribution is 2.28. The van der Waals surface area contributed by atoms with Crippen LogP contribution in [0, 0.1) is 0 Å². The van der Waals surface area contributed by atoms with Gasteiger partial charge in [-0.2, -0.15) is 0 Å². The number of hydrogen-bond acceptors (Lipinski definition) is 2. The molecule has 0 radical (unpaired) electrons. The lowest BCUT2D eigenvalue weighted by atomic mass is 9.88. The summed E-state index contributed by atoms with van der Waals surface area (Å²) in [5, 5.41) is 14.0. The van der Waals surface area contributed by atoms with E-state index in [-0.39, 0.29) is 6.61 Å². The molecule has 0 spiro atoms. The summed E-state index contributed by atoms with van der Waals surface area (Å²) in [6.45, 7) is 2.13. The summed E-state index contributed by atoms with van der Waals surface area (Å²) in [6, 6.07) is 17.8. The van der Waals surface area contributed by atoms with Gasteiger partial charge in [0.1, 0.15) is 0 Å². The molecule has 2 rings (SSSR count). The molecule has 0 aliphatic carbocycles. The van der Waals surface area contributed by atoms with E-state index < -0.39 is 5.54 Å². The topological polar surface area (TPSA) is 32.3 Å². The van der Waals surface area contributed by atoms with Crippen molar-refractivity contribution < 1.29 is 5.11 Å². The average molecular weight is 290 g/mol. The van der Waals surface area contributed by atoms with Gasteiger partial charge in [-0.05, 0) is 30.5 Å². The first kappa shape index (κ1) is 14.9. The van der Waals surface area contributed by atoms with Crippen LogP contribution in [0.4, 0.5) is 5.69 Å². The van der Waals surface area contributed by atoms with Gasteiger partial charge in [0, 0.05) is 0 Å². The van der Waals surface area contributed by atoms with Crippen molar-refractivity contribution in [3.05, 3.63) is 65.2 Å². The molecule has 0 bridgehead atoms. The van der Waals surface area contributed by atoms with Crippen LogP contribution in [0.2, 0.25) is 5.02 Å². The van der Waals surface area contributed by atoms with E-state index in [9.17, 15) is 5.11 Å². The molecule has 0 amide bonds. The molecule has 0 aromatic heterocycles. The van der Waals surface area contributed by atoms with E-state index >= 15 is 0 Å². The van der Waals surface area contributed by atoms with E-state index in [4.69, 9.17) is 11.6 Å². The Kier molecular flexibility index (Phi) is 5.05. The molecule has 20 heavy (non-hydrogen) atoms. The van der Waals surface area contributed by atoms with Gasteiger partial charge in [0.2, 0.25) is 0 Å². The minimum absolute atomic E-state index is 0.0591. The molecule has 2 N–H and O–H groups in total. The van der Waals surface area contributed by atoms with E-state index in [1.807, 2.05) is 42.5 Å². The van der Waals surface area contributed by atoms with Crippen molar-refractivity contribution in [2.75, 3.05) is 11.9 Å². The highest BCUT2D eigenvalue weighted by atomic mass is 35.5. The minimum Gasteiger partial charge on any atom is -0.394 e. The second-order valence-corrected chi connectivity index (χ2v) is 5.47. The van der Waals surface area contributed by atoms with Crippen molar-refractivity contribution in [2.24, 2.45) is 0 Å². The lowest BCUT2D eigenvalue weighted by Crippen LogP contribution is -2.43. The van der Waals surface area contributed by atoms with E-state index in [1.165, 1.54) is 5.56 Å². The zero-order valence-corrected chi connectivity index (χ0v) is 12.4. The van der Waals surface area contributed by atoms with Crippen LogP contribution in [0.15, 0.2) is 54.6 Å². The van der Waals surface area contributed by atoms with Gasteiger partial charge in [-0.25, -0.2) is 0 Å². The van der Waals surface area contributed by atoms with Crippen LogP contribution < -0.4 is 5.32 Å². The Morgan fingerprint density at radius 1 is 1.05 bits per heavy atom. The van der Waals surface area contributed by atoms with Gasteiger partial charge in [-0.15, -0.1) is 0 Å². The van der Waals surface area contributed by atoms with Gasteiger partial charge in [-0.3, -0.25) is 0 Å². The van der Waals surface area contributed by atoms with Crippen LogP contribution in [0.3, 0.4) is 0 Å². The molecule has 2 aromatic carbocycles. The first-order valence-corrected chi connectivity index (χ1v) is 7.24. The van der Waals surface area contributed by atoms with Gasteiger partial charge < -0.3 is 10.4 Å². The van der Waals surface area contributed by atoms with Gasteiger partial charge >= 0.3 is 0 Å². The quantitative estimate of drug-likeness (QED) is 0.838. The largest absolute Gasteiger partial charge is 0.394 e. The Balaban J connectivity index is 2.23. The van der Waals surface area contributed by atoms with Crippen molar-refractivity contribution in [3.8, 4) is 0 Å². The van der Waals surface area contributed by atoms with Crippen LogP contribution in [-0.2, 0) is 6.42 Å². The molecule has 2 nitrogen and oxygen atoms in total. The predicted octanol–water partition coefficient (Wildman–Crippen LogP) is 4.14. The number of benzene rings is 2. The number of rotatable bonds is 6. The maximum atomic E-state index is 9.88. The van der Waals surface area contributed by atoms with Crippen LogP contribution in [0.5, 0.6) is 0 Å². The molecular weight excluding hydrogens is 270 g/mol. The molecule has 2 aromatic rings. The number of halogens is 1. The average Bonchev–Trinajstić information content (AvgIpc) is 2.50. The maximum absolute atomic E-state index is 9.88. The molecule has 0 heterocycles. The maximum Gasteiger partial charge on any atom is 0.0664 e. The Morgan fingerprint density at radius 3 is 2.30 bits per heavy atom. The molecule has 0 aliphatic heterocycles. The van der Waals surface area contributed by atoms with Gasteiger partial charge in [-0.1, -0.05) is 61.0 Å². The summed E-state index contributed by atoms with van der Waals surface area (Å²) in [4.78, 5) is 0. The monoisotopic (exact) mass is 289 g/mol. The van der Waals surface area contributed by atoms with Crippen molar-refractivity contribution in [1.82, 2.24) is 0 Å². The number of hydrogen-bond donors (Lipinski definition) is 2. The van der Waals surface area contributed by atoms with Crippen molar-refractivity contribution in [2.45, 2.75) is 25.3 Å². The fourth-order valence-electron chi connectivity index (χ4n) is 2.30. The third kappa shape index (κ3) is 3.53. The lowest BCUT2D eigenvalue weighted by molar-refractivity contribution is 0.205. The summed E-state index contributed by atoms with van der Waals surface area (Å²) in [5.74, 6) is 0. The summed E-state index contributed by atoms with van der Waals surface area (Å²) >= 11 is 6.20. The summed E-state index contributed by atoms with van der Waals surface area (Å²) in [5.41, 5.74) is 1.66. The summed E-state index contributed by atoms with van der Waals surface area (Å²) in [7, 11) is 0. The van der Waals surface area contributed by atoms with Gasteiger partial charge in [0.25, 0.3) is 0 Å². The predicted molar refractivity (Wildman–Crippen MR) is 85.3 cm³/mol. The number of aliphatic hydroxyl groups is 1. The normalized spacial score (nSPS) is 13.8. The Bertz CT molecular complexity index is 538. The summed E-state index contributed by atoms with van der Waals surface area (Å²) in [6.07, 6.45) is 1.57. The highest BCUT2D eigenvalue weighted by molar-refractivity contribution is 6.33. The van der Waals surface area contributed by atoms with Crippen LogP contribution in [0.1, 0.15) is 18.9 Å². The van der Waals surface area contributed by atoms with Crippen LogP contribution in [0.25, 0.3) is 0 Å². The number of para-hydroxylation sites is 1. The third-order valence-electron chi connectivity index (χ3n) is 3.64. The number of aliphatic hydroxyl groups excluding tert-OH is 1. The molecule has 106 valence electrons. The van der Waals surface area contributed by atoms with Gasteiger partial charge in [0.15, 0.2) is 0 Å². The SMILES string of the molecule is CCC(CO)(Cc1ccccc1)Nc1ccccc1Cl. The van der Waals surface area contributed by atoms with E-state index in [0.29, 0.717) is 5.02 Å². The molecule has 0 fully saturated rings. The van der Waals surface area contributed by atoms with Crippen LogP contribution >= 0.6 is 11.6 Å². The first-order valence-electron chi connectivity index (χ1n) is 6.86. The van der Waals surface area contributed by atoms with Crippen LogP contribution in [-0.4, -0.2) is 17.3 Å².